The van der Waals surface area contributed by atoms with Gasteiger partial charge in [0.15, 0.2) is 5.69 Å². The molecule has 0 aromatic carbocycles. The smallest absolute Gasteiger partial charge is 0.330 e. The van der Waals surface area contributed by atoms with Gasteiger partial charge in [-0.15, -0.1) is 11.8 Å². The lowest BCUT2D eigenvalue weighted by molar-refractivity contribution is -0.116. The van der Waals surface area contributed by atoms with Gasteiger partial charge in [0, 0.05) is 6.54 Å². The first-order valence-corrected chi connectivity index (χ1v) is 9.97. The molecule has 0 atom stereocenters. The van der Waals surface area contributed by atoms with Gasteiger partial charge in [0.2, 0.25) is 5.91 Å². The normalized spacial score (nSPS) is 11.1. The van der Waals surface area contributed by atoms with Crippen LogP contribution in [-0.4, -0.2) is 26.5 Å². The van der Waals surface area contributed by atoms with Crippen LogP contribution in [0.15, 0.2) is 32.4 Å². The SMILES string of the molecule is CCCCn1c(N)c(N(Cc2ccco2)C(=O)CSC(C)C)c(=O)[nH]c1=O. The van der Waals surface area contributed by atoms with E-state index in [9.17, 15) is 14.4 Å². The Labute approximate surface area is 161 Å². The fourth-order valence-electron chi connectivity index (χ4n) is 2.54. The molecule has 0 radical (unpaired) electrons. The van der Waals surface area contributed by atoms with Crippen molar-refractivity contribution in [1.29, 1.82) is 0 Å². The summed E-state index contributed by atoms with van der Waals surface area (Å²) >= 11 is 1.46. The number of nitrogens with one attached hydrogen (secondary N) is 1. The van der Waals surface area contributed by atoms with E-state index in [1.54, 1.807) is 12.1 Å². The summed E-state index contributed by atoms with van der Waals surface area (Å²) in [6.07, 6.45) is 3.09. The number of carbonyl (C=O) groups excluding carboxylic acids is 1. The lowest BCUT2D eigenvalue weighted by Crippen LogP contribution is -2.41. The number of furan rings is 1. The Balaban J connectivity index is 2.48. The van der Waals surface area contributed by atoms with Gasteiger partial charge < -0.3 is 10.2 Å². The lowest BCUT2D eigenvalue weighted by Gasteiger charge is -2.24. The van der Waals surface area contributed by atoms with Crippen LogP contribution in [0.25, 0.3) is 0 Å². The first-order valence-electron chi connectivity index (χ1n) is 8.92. The Kier molecular flexibility index (Phi) is 7.35. The van der Waals surface area contributed by atoms with E-state index in [4.69, 9.17) is 10.2 Å². The number of carbonyl (C=O) groups is 1. The quantitative estimate of drug-likeness (QED) is 0.674. The topological polar surface area (TPSA) is 114 Å². The van der Waals surface area contributed by atoms with Crippen molar-refractivity contribution >= 4 is 29.2 Å². The zero-order chi connectivity index (χ0) is 20.0. The van der Waals surface area contributed by atoms with Crippen LogP contribution in [0.5, 0.6) is 0 Å². The van der Waals surface area contributed by atoms with Gasteiger partial charge in [0.25, 0.3) is 5.56 Å². The van der Waals surface area contributed by atoms with Crippen LogP contribution < -0.4 is 21.9 Å². The number of aromatic nitrogens is 2. The molecule has 2 aromatic rings. The monoisotopic (exact) mass is 394 g/mol. The van der Waals surface area contributed by atoms with Crippen LogP contribution in [0.1, 0.15) is 39.4 Å². The minimum atomic E-state index is -0.681. The van der Waals surface area contributed by atoms with Gasteiger partial charge in [-0.3, -0.25) is 24.0 Å². The van der Waals surface area contributed by atoms with Crippen LogP contribution in [0.3, 0.4) is 0 Å². The lowest BCUT2D eigenvalue weighted by atomic mass is 10.3. The first kappa shape index (κ1) is 20.9. The summed E-state index contributed by atoms with van der Waals surface area (Å²) in [5.41, 5.74) is 4.89. The Morgan fingerprint density at radius 2 is 2.15 bits per heavy atom. The van der Waals surface area contributed by atoms with Crippen LogP contribution in [0, 0.1) is 0 Å². The number of rotatable bonds is 9. The Morgan fingerprint density at radius 3 is 2.74 bits per heavy atom. The second-order valence-corrected chi connectivity index (χ2v) is 7.98. The number of nitrogens with two attached hydrogens (primary N) is 1. The van der Waals surface area contributed by atoms with E-state index in [1.165, 1.54) is 27.5 Å². The van der Waals surface area contributed by atoms with Crippen LogP contribution in [-0.2, 0) is 17.9 Å². The molecule has 148 valence electrons. The second kappa shape index (κ2) is 9.50. The van der Waals surface area contributed by atoms with Crippen LogP contribution in [0.2, 0.25) is 0 Å². The molecule has 0 aliphatic carbocycles. The van der Waals surface area contributed by atoms with E-state index in [2.05, 4.69) is 4.98 Å². The highest BCUT2D eigenvalue weighted by Crippen LogP contribution is 2.22. The van der Waals surface area contributed by atoms with Crippen LogP contribution >= 0.6 is 11.8 Å². The van der Waals surface area contributed by atoms with Crippen molar-refractivity contribution < 1.29 is 9.21 Å². The van der Waals surface area contributed by atoms with E-state index < -0.39 is 11.2 Å². The number of unbranched alkanes of at least 4 members (excludes halogenated alkanes) is 1. The molecule has 8 nitrogen and oxygen atoms in total. The molecule has 1 amide bonds. The fourth-order valence-corrected chi connectivity index (χ4v) is 3.17. The maximum atomic E-state index is 12.9. The zero-order valence-electron chi connectivity index (χ0n) is 15.9. The number of aromatic amines is 1. The molecule has 0 bridgehead atoms. The molecule has 27 heavy (non-hydrogen) atoms. The van der Waals surface area contributed by atoms with Gasteiger partial charge in [-0.2, -0.15) is 0 Å². The van der Waals surface area contributed by atoms with Crippen molar-refractivity contribution in [1.82, 2.24) is 9.55 Å². The van der Waals surface area contributed by atoms with Gasteiger partial charge in [-0.1, -0.05) is 27.2 Å². The Morgan fingerprint density at radius 1 is 1.41 bits per heavy atom. The molecule has 0 aliphatic rings. The maximum Gasteiger partial charge on any atom is 0.330 e. The van der Waals surface area contributed by atoms with Gasteiger partial charge >= 0.3 is 5.69 Å². The van der Waals surface area contributed by atoms with Crippen molar-refractivity contribution in [2.45, 2.75) is 52.0 Å². The summed E-state index contributed by atoms with van der Waals surface area (Å²) in [5, 5.41) is 0.258. The van der Waals surface area contributed by atoms with E-state index in [0.29, 0.717) is 12.3 Å². The van der Waals surface area contributed by atoms with Crippen molar-refractivity contribution in [2.75, 3.05) is 16.4 Å². The third-order valence-electron chi connectivity index (χ3n) is 3.95. The van der Waals surface area contributed by atoms with E-state index >= 15 is 0 Å². The summed E-state index contributed by atoms with van der Waals surface area (Å²) in [6, 6.07) is 3.42. The molecular weight excluding hydrogens is 368 g/mol. The van der Waals surface area contributed by atoms with E-state index in [1.807, 2.05) is 20.8 Å². The van der Waals surface area contributed by atoms with Gasteiger partial charge in [0.1, 0.15) is 11.6 Å². The number of nitrogens with zero attached hydrogens (tertiary/aromatic N) is 2. The third kappa shape index (κ3) is 5.29. The summed E-state index contributed by atoms with van der Waals surface area (Å²) < 4.78 is 6.64. The number of amides is 1. The number of thioether (sulfide) groups is 1. The van der Waals surface area contributed by atoms with E-state index in [-0.39, 0.29) is 35.0 Å². The highest BCUT2D eigenvalue weighted by atomic mass is 32.2. The number of anilines is 2. The highest BCUT2D eigenvalue weighted by Gasteiger charge is 2.25. The second-order valence-electron chi connectivity index (χ2n) is 6.42. The van der Waals surface area contributed by atoms with Gasteiger partial charge in [0.05, 0.1) is 18.6 Å². The predicted octanol–water partition coefficient (Wildman–Crippen LogP) is 2.19. The highest BCUT2D eigenvalue weighted by molar-refractivity contribution is 8.00. The summed E-state index contributed by atoms with van der Waals surface area (Å²) in [6.45, 7) is 6.39. The summed E-state index contributed by atoms with van der Waals surface area (Å²) in [4.78, 5) is 41.1. The molecule has 9 heteroatoms. The average molecular weight is 394 g/mol. The number of H-pyrrole nitrogens is 1. The van der Waals surface area contributed by atoms with Crippen LogP contribution in [0.4, 0.5) is 11.5 Å². The molecule has 0 unspecified atom stereocenters. The molecule has 0 saturated carbocycles. The van der Waals surface area contributed by atoms with Crippen molar-refractivity contribution in [3.05, 3.63) is 45.0 Å². The van der Waals surface area contributed by atoms with Gasteiger partial charge in [-0.05, 0) is 23.8 Å². The zero-order valence-corrected chi connectivity index (χ0v) is 16.7. The summed E-state index contributed by atoms with van der Waals surface area (Å²) in [5.74, 6) is 0.420. The largest absolute Gasteiger partial charge is 0.467 e. The Bertz CT molecular complexity index is 870. The molecule has 2 rings (SSSR count). The van der Waals surface area contributed by atoms with Gasteiger partial charge in [-0.25, -0.2) is 4.79 Å². The molecule has 0 spiro atoms. The van der Waals surface area contributed by atoms with Crippen molar-refractivity contribution in [3.63, 3.8) is 0 Å². The minimum Gasteiger partial charge on any atom is -0.467 e. The molecule has 2 heterocycles. The van der Waals surface area contributed by atoms with Crippen molar-refractivity contribution in [2.24, 2.45) is 0 Å². The third-order valence-corrected chi connectivity index (χ3v) is 5.03. The standard InChI is InChI=1S/C18H26N4O4S/c1-4-5-8-21-16(19)15(17(24)20-18(21)25)22(10-13-7-6-9-26-13)14(23)11-27-12(2)3/h6-7,9,12H,4-5,8,10-11,19H2,1-3H3,(H,20,24,25). The Hall–Kier alpha value is -2.42. The minimum absolute atomic E-state index is 0.00773. The molecular formula is C18H26N4O4S. The molecule has 0 fully saturated rings. The fraction of sp³-hybridized carbons (Fsp3) is 0.500. The first-order chi connectivity index (χ1) is 12.8. The predicted molar refractivity (Wildman–Crippen MR) is 108 cm³/mol. The molecule has 2 aromatic heterocycles. The van der Waals surface area contributed by atoms with E-state index in [0.717, 1.165) is 12.8 Å². The number of nitrogen functional groups attached to an aromatic ring is 1. The average Bonchev–Trinajstić information content (AvgIpc) is 3.11. The molecule has 0 saturated heterocycles. The number of hydrogen-bond acceptors (Lipinski definition) is 6. The molecule has 3 N–H and O–H groups in total. The molecule has 0 aliphatic heterocycles. The summed E-state index contributed by atoms with van der Waals surface area (Å²) in [7, 11) is 0. The maximum absolute atomic E-state index is 12.9. The number of hydrogen-bond donors (Lipinski definition) is 2. The van der Waals surface area contributed by atoms with Crippen molar-refractivity contribution in [3.8, 4) is 0 Å².